The van der Waals surface area contributed by atoms with Crippen molar-refractivity contribution in [1.29, 1.82) is 0 Å². The van der Waals surface area contributed by atoms with E-state index in [1.54, 1.807) is 6.92 Å². The highest BCUT2D eigenvalue weighted by molar-refractivity contribution is 5.85. The van der Waals surface area contributed by atoms with E-state index >= 15 is 0 Å². The highest BCUT2D eigenvalue weighted by Crippen LogP contribution is 2.17. The Labute approximate surface area is 83.0 Å². The van der Waals surface area contributed by atoms with Crippen molar-refractivity contribution in [3.05, 3.63) is 12.2 Å². The number of allylic oxidation sites excluding steroid dienone is 2. The van der Waals surface area contributed by atoms with Crippen LogP contribution in [-0.2, 0) is 9.59 Å². The average molecular weight is 197 g/mol. The van der Waals surface area contributed by atoms with Gasteiger partial charge in [0.15, 0.2) is 0 Å². The van der Waals surface area contributed by atoms with Crippen LogP contribution in [0, 0.1) is 5.92 Å². The molecule has 0 heterocycles. The second-order valence-corrected chi connectivity index (χ2v) is 3.45. The van der Waals surface area contributed by atoms with Gasteiger partial charge in [-0.3, -0.25) is 4.79 Å². The predicted octanol–water partition coefficient (Wildman–Crippen LogP) is 0.932. The van der Waals surface area contributed by atoms with Gasteiger partial charge in [0.2, 0.25) is 5.91 Å². The quantitative estimate of drug-likeness (QED) is 0.659. The first-order valence-electron chi connectivity index (χ1n) is 4.83. The van der Waals surface area contributed by atoms with Crippen molar-refractivity contribution in [2.24, 2.45) is 5.92 Å². The van der Waals surface area contributed by atoms with Crippen LogP contribution in [0.1, 0.15) is 26.2 Å². The van der Waals surface area contributed by atoms with E-state index in [9.17, 15) is 9.59 Å². The summed E-state index contributed by atoms with van der Waals surface area (Å²) in [6.45, 7) is 1.74. The molecule has 78 valence electrons. The zero-order chi connectivity index (χ0) is 10.6. The van der Waals surface area contributed by atoms with Crippen LogP contribution in [0.25, 0.3) is 0 Å². The maximum atomic E-state index is 11.5. The Kier molecular flexibility index (Phi) is 3.68. The minimum Gasteiger partial charge on any atom is -0.480 e. The van der Waals surface area contributed by atoms with Gasteiger partial charge in [-0.1, -0.05) is 19.1 Å². The van der Waals surface area contributed by atoms with Crippen LogP contribution in [0.3, 0.4) is 0 Å². The van der Waals surface area contributed by atoms with Crippen molar-refractivity contribution in [3.63, 3.8) is 0 Å². The first-order valence-corrected chi connectivity index (χ1v) is 4.83. The number of hydrogen-bond acceptors (Lipinski definition) is 2. The highest BCUT2D eigenvalue weighted by atomic mass is 16.4. The first-order chi connectivity index (χ1) is 6.65. The molecule has 1 atom stereocenters. The molecule has 2 N–H and O–H groups in total. The largest absolute Gasteiger partial charge is 0.480 e. The molecule has 1 aliphatic rings. The first kappa shape index (κ1) is 10.8. The molecule has 0 aromatic rings. The lowest BCUT2D eigenvalue weighted by molar-refractivity contribution is -0.142. The van der Waals surface area contributed by atoms with Crippen molar-refractivity contribution >= 4 is 11.9 Å². The number of carbonyl (C=O) groups is 2. The summed E-state index contributed by atoms with van der Waals surface area (Å²) in [7, 11) is 0. The van der Waals surface area contributed by atoms with Gasteiger partial charge in [0, 0.05) is 5.92 Å². The third kappa shape index (κ3) is 2.58. The predicted molar refractivity (Wildman–Crippen MR) is 51.7 cm³/mol. The zero-order valence-corrected chi connectivity index (χ0v) is 8.19. The fraction of sp³-hybridized carbons (Fsp3) is 0.600. The molecule has 0 fully saturated rings. The van der Waals surface area contributed by atoms with Gasteiger partial charge in [-0.05, 0) is 19.3 Å². The van der Waals surface area contributed by atoms with Crippen LogP contribution in [0.2, 0.25) is 0 Å². The summed E-state index contributed by atoms with van der Waals surface area (Å²) >= 11 is 0. The minimum absolute atomic E-state index is 0.0663. The molecule has 14 heavy (non-hydrogen) atoms. The molecule has 4 heteroatoms. The van der Waals surface area contributed by atoms with E-state index in [1.807, 2.05) is 12.2 Å². The molecule has 4 nitrogen and oxygen atoms in total. The molecule has 0 aromatic heterocycles. The van der Waals surface area contributed by atoms with Gasteiger partial charge < -0.3 is 10.4 Å². The second kappa shape index (κ2) is 4.79. The smallest absolute Gasteiger partial charge is 0.326 e. The number of carboxylic acid groups (broad SMARTS) is 1. The van der Waals surface area contributed by atoms with Crippen LogP contribution in [0.4, 0.5) is 0 Å². The normalized spacial score (nSPS) is 18.1. The minimum atomic E-state index is -0.966. The van der Waals surface area contributed by atoms with Crippen LogP contribution in [0.15, 0.2) is 12.2 Å². The molecule has 1 aliphatic carbocycles. The van der Waals surface area contributed by atoms with Gasteiger partial charge >= 0.3 is 5.97 Å². The van der Waals surface area contributed by atoms with E-state index in [0.29, 0.717) is 6.42 Å². The maximum Gasteiger partial charge on any atom is 0.326 e. The summed E-state index contributed by atoms with van der Waals surface area (Å²) < 4.78 is 0. The number of nitrogens with one attached hydrogen (secondary N) is 1. The number of carbonyl (C=O) groups excluding carboxylic acids is 1. The fourth-order valence-corrected chi connectivity index (χ4v) is 1.46. The maximum absolute atomic E-state index is 11.5. The average Bonchev–Trinajstić information content (AvgIpc) is 2.65. The molecule has 1 rings (SSSR count). The Morgan fingerprint density at radius 1 is 1.50 bits per heavy atom. The lowest BCUT2D eigenvalue weighted by atomic mass is 10.1. The Bertz CT molecular complexity index is 252. The number of amides is 1. The summed E-state index contributed by atoms with van der Waals surface area (Å²) in [6, 6.07) is -0.747. The van der Waals surface area contributed by atoms with Crippen LogP contribution in [-0.4, -0.2) is 23.0 Å². The zero-order valence-electron chi connectivity index (χ0n) is 8.19. The third-order valence-corrected chi connectivity index (χ3v) is 2.40. The van der Waals surface area contributed by atoms with Gasteiger partial charge in [0.05, 0.1) is 0 Å². The SMILES string of the molecule is CCC(NC(=O)C1CC=CC1)C(=O)O. The number of aliphatic carboxylic acids is 1. The standard InChI is InChI=1S/C10H15NO3/c1-2-8(10(13)14)11-9(12)7-5-3-4-6-7/h3-4,7-8H,2,5-6H2,1H3,(H,11,12)(H,13,14). The summed E-state index contributed by atoms with van der Waals surface area (Å²) in [5, 5.41) is 11.3. The molecule has 0 aliphatic heterocycles. The Morgan fingerprint density at radius 2 is 2.07 bits per heavy atom. The number of hydrogen-bond donors (Lipinski definition) is 2. The van der Waals surface area contributed by atoms with Crippen molar-refractivity contribution in [1.82, 2.24) is 5.32 Å². The molecule has 1 unspecified atom stereocenters. The van der Waals surface area contributed by atoms with E-state index in [4.69, 9.17) is 5.11 Å². The highest BCUT2D eigenvalue weighted by Gasteiger charge is 2.24. The molecule has 0 spiro atoms. The fourth-order valence-electron chi connectivity index (χ4n) is 1.46. The van der Waals surface area contributed by atoms with E-state index in [1.165, 1.54) is 0 Å². The summed E-state index contributed by atoms with van der Waals surface area (Å²) in [4.78, 5) is 22.2. The van der Waals surface area contributed by atoms with Gasteiger partial charge in [-0.15, -0.1) is 0 Å². The summed E-state index contributed by atoms with van der Waals surface area (Å²) in [5.74, 6) is -1.18. The van der Waals surface area contributed by atoms with Crippen molar-refractivity contribution in [3.8, 4) is 0 Å². The lowest BCUT2D eigenvalue weighted by Gasteiger charge is -2.15. The molecule has 0 aromatic carbocycles. The molecule has 0 saturated carbocycles. The Morgan fingerprint density at radius 3 is 2.50 bits per heavy atom. The second-order valence-electron chi connectivity index (χ2n) is 3.45. The Hall–Kier alpha value is -1.32. The van der Waals surface area contributed by atoms with Gasteiger partial charge in [0.1, 0.15) is 6.04 Å². The number of rotatable bonds is 4. The van der Waals surface area contributed by atoms with E-state index in [0.717, 1.165) is 12.8 Å². The van der Waals surface area contributed by atoms with Crippen molar-refractivity contribution in [2.45, 2.75) is 32.2 Å². The Balaban J connectivity index is 2.42. The van der Waals surface area contributed by atoms with Crippen LogP contribution in [0.5, 0.6) is 0 Å². The molecule has 1 amide bonds. The summed E-state index contributed by atoms with van der Waals surface area (Å²) in [6.07, 6.45) is 5.77. The molecule has 0 saturated heterocycles. The lowest BCUT2D eigenvalue weighted by Crippen LogP contribution is -2.42. The molecule has 0 radical (unpaired) electrons. The number of carboxylic acids is 1. The van der Waals surface area contributed by atoms with Crippen molar-refractivity contribution in [2.75, 3.05) is 0 Å². The van der Waals surface area contributed by atoms with Crippen LogP contribution < -0.4 is 5.32 Å². The third-order valence-electron chi connectivity index (χ3n) is 2.40. The molecular formula is C10H15NO3. The van der Waals surface area contributed by atoms with Gasteiger partial charge in [-0.2, -0.15) is 0 Å². The van der Waals surface area contributed by atoms with E-state index in [-0.39, 0.29) is 11.8 Å². The van der Waals surface area contributed by atoms with Crippen LogP contribution >= 0.6 is 0 Å². The monoisotopic (exact) mass is 197 g/mol. The molecular weight excluding hydrogens is 182 g/mol. The molecule has 0 bridgehead atoms. The van der Waals surface area contributed by atoms with E-state index < -0.39 is 12.0 Å². The summed E-state index contributed by atoms with van der Waals surface area (Å²) in [5.41, 5.74) is 0. The van der Waals surface area contributed by atoms with E-state index in [2.05, 4.69) is 5.32 Å². The van der Waals surface area contributed by atoms with Gasteiger partial charge in [-0.25, -0.2) is 4.79 Å². The topological polar surface area (TPSA) is 66.4 Å². The van der Waals surface area contributed by atoms with Crippen molar-refractivity contribution < 1.29 is 14.7 Å². The van der Waals surface area contributed by atoms with Gasteiger partial charge in [0.25, 0.3) is 0 Å².